The Kier molecular flexibility index (Phi) is 4.59. The summed E-state index contributed by atoms with van der Waals surface area (Å²) in [6.45, 7) is 0.926. The van der Waals surface area contributed by atoms with Crippen molar-refractivity contribution in [2.24, 2.45) is 0 Å². The van der Waals surface area contributed by atoms with Crippen molar-refractivity contribution in [3.05, 3.63) is 64.9 Å². The molecule has 3 heterocycles. The summed E-state index contributed by atoms with van der Waals surface area (Å²) >= 11 is 1.62. The molecule has 8 heteroatoms. The number of aromatic nitrogens is 2. The van der Waals surface area contributed by atoms with Gasteiger partial charge < -0.3 is 15.6 Å². The number of thiophene rings is 1. The van der Waals surface area contributed by atoms with Crippen LogP contribution in [0.1, 0.15) is 16.8 Å². The van der Waals surface area contributed by atoms with Crippen molar-refractivity contribution in [1.29, 1.82) is 0 Å². The summed E-state index contributed by atoms with van der Waals surface area (Å²) in [5.41, 5.74) is 6.30. The Morgan fingerprint density at radius 1 is 1.08 bits per heavy atom. The summed E-state index contributed by atoms with van der Waals surface area (Å²) < 4.78 is 39.8. The predicted molar refractivity (Wildman–Crippen MR) is 87.8 cm³/mol. The van der Waals surface area contributed by atoms with E-state index in [1.54, 1.807) is 11.3 Å². The first kappa shape index (κ1) is 16.5. The van der Waals surface area contributed by atoms with Crippen molar-refractivity contribution >= 4 is 17.2 Å². The van der Waals surface area contributed by atoms with Gasteiger partial charge in [0.05, 0.1) is 0 Å². The number of pyridine rings is 1. The van der Waals surface area contributed by atoms with Gasteiger partial charge in [0.25, 0.3) is 0 Å². The van der Waals surface area contributed by atoms with Crippen LogP contribution >= 0.6 is 11.3 Å². The molecule has 0 saturated heterocycles. The van der Waals surface area contributed by atoms with Gasteiger partial charge in [-0.3, -0.25) is 0 Å². The molecule has 0 atom stereocenters. The molecule has 0 unspecified atom stereocenters. The highest BCUT2D eigenvalue weighted by Gasteiger charge is 2.32. The van der Waals surface area contributed by atoms with Crippen LogP contribution in [-0.4, -0.2) is 9.55 Å². The predicted octanol–water partition coefficient (Wildman–Crippen LogP) is 3.82. The highest BCUT2D eigenvalue weighted by atomic mass is 32.1. The third-order valence-corrected chi connectivity index (χ3v) is 4.46. The summed E-state index contributed by atoms with van der Waals surface area (Å²) in [6.07, 6.45) is -0.553. The highest BCUT2D eigenvalue weighted by molar-refractivity contribution is 7.12. The lowest BCUT2D eigenvalue weighted by Crippen LogP contribution is -2.16. The average Bonchev–Trinajstić information content (AvgIpc) is 3.18. The Labute approximate surface area is 140 Å². The zero-order chi connectivity index (χ0) is 17.2. The minimum Gasteiger partial charge on any atom is -0.383 e. The fourth-order valence-corrected chi connectivity index (χ4v) is 3.20. The molecule has 3 rings (SSSR count). The number of hydrogen-bond acceptors (Lipinski definition) is 4. The molecule has 0 aliphatic rings. The normalized spacial score (nSPS) is 11.8. The maximum absolute atomic E-state index is 12.6. The molecule has 0 fully saturated rings. The largest absolute Gasteiger partial charge is 0.433 e. The lowest BCUT2D eigenvalue weighted by molar-refractivity contribution is -0.141. The Morgan fingerprint density at radius 2 is 1.79 bits per heavy atom. The van der Waals surface area contributed by atoms with Gasteiger partial charge in [-0.1, -0.05) is 6.07 Å². The summed E-state index contributed by atoms with van der Waals surface area (Å²) in [5, 5.41) is 6.30. The van der Waals surface area contributed by atoms with Gasteiger partial charge in [-0.05, 0) is 29.6 Å². The van der Waals surface area contributed by atoms with Gasteiger partial charge in [-0.25, -0.2) is 4.98 Å². The molecule has 3 aromatic rings. The number of nitrogens with one attached hydrogen (secondary N) is 1. The van der Waals surface area contributed by atoms with Gasteiger partial charge in [-0.2, -0.15) is 13.2 Å². The number of nitrogens with zero attached hydrogens (tertiary/aromatic N) is 2. The van der Waals surface area contributed by atoms with E-state index < -0.39 is 11.9 Å². The van der Waals surface area contributed by atoms with Crippen molar-refractivity contribution < 1.29 is 13.2 Å². The molecular weight excluding hydrogens is 337 g/mol. The standard InChI is InChI=1S/C16H15F3N4S/c17-16(18,19)13-4-3-11(14(20)22-13)9-21-10-12-5-8-24-15(12)23-6-1-2-7-23/h1-8,21H,9-10H2,(H2,20,22). The molecule has 0 spiro atoms. The molecule has 4 nitrogen and oxygen atoms in total. The molecule has 0 amide bonds. The molecule has 3 aromatic heterocycles. The lowest BCUT2D eigenvalue weighted by Gasteiger charge is -2.11. The van der Waals surface area contributed by atoms with E-state index in [0.29, 0.717) is 18.7 Å². The fourth-order valence-electron chi connectivity index (χ4n) is 2.30. The zero-order valence-electron chi connectivity index (χ0n) is 12.5. The van der Waals surface area contributed by atoms with E-state index in [4.69, 9.17) is 5.73 Å². The zero-order valence-corrected chi connectivity index (χ0v) is 13.4. The number of hydrogen-bond donors (Lipinski definition) is 2. The Bertz CT molecular complexity index is 809. The van der Waals surface area contributed by atoms with Crippen molar-refractivity contribution in [2.75, 3.05) is 5.73 Å². The third kappa shape index (κ3) is 3.60. The molecule has 3 N–H and O–H groups in total. The van der Waals surface area contributed by atoms with Crippen LogP contribution in [-0.2, 0) is 19.3 Å². The molecule has 0 saturated carbocycles. The fraction of sp³-hybridized carbons (Fsp3) is 0.188. The smallest absolute Gasteiger partial charge is 0.383 e. The SMILES string of the molecule is Nc1nc(C(F)(F)F)ccc1CNCc1ccsc1-n1cccc1. The number of alkyl halides is 3. The summed E-state index contributed by atoms with van der Waals surface area (Å²) in [4.78, 5) is 3.43. The second-order valence-corrected chi connectivity index (χ2v) is 6.08. The van der Waals surface area contributed by atoms with Gasteiger partial charge in [-0.15, -0.1) is 11.3 Å². The van der Waals surface area contributed by atoms with Crippen LogP contribution in [0.2, 0.25) is 0 Å². The molecule has 0 aliphatic heterocycles. The van der Waals surface area contributed by atoms with E-state index in [2.05, 4.69) is 10.3 Å². The van der Waals surface area contributed by atoms with E-state index >= 15 is 0 Å². The molecule has 0 aromatic carbocycles. The first-order valence-corrected chi connectivity index (χ1v) is 8.06. The van der Waals surface area contributed by atoms with Crippen LogP contribution in [0.15, 0.2) is 48.1 Å². The topological polar surface area (TPSA) is 55.9 Å². The minimum absolute atomic E-state index is 0.103. The van der Waals surface area contributed by atoms with Crippen molar-refractivity contribution in [2.45, 2.75) is 19.3 Å². The first-order chi connectivity index (χ1) is 11.4. The minimum atomic E-state index is -4.48. The van der Waals surface area contributed by atoms with Gasteiger partial charge in [0.2, 0.25) is 0 Å². The van der Waals surface area contributed by atoms with Crippen molar-refractivity contribution in [3.63, 3.8) is 0 Å². The highest BCUT2D eigenvalue weighted by Crippen LogP contribution is 2.29. The first-order valence-electron chi connectivity index (χ1n) is 7.18. The monoisotopic (exact) mass is 352 g/mol. The number of nitrogens with two attached hydrogens (primary N) is 1. The Hall–Kier alpha value is -2.32. The molecule has 24 heavy (non-hydrogen) atoms. The van der Waals surface area contributed by atoms with E-state index in [0.717, 1.165) is 16.6 Å². The van der Waals surface area contributed by atoms with Crippen LogP contribution in [0.25, 0.3) is 5.00 Å². The second-order valence-electron chi connectivity index (χ2n) is 5.18. The second kappa shape index (κ2) is 6.66. The van der Waals surface area contributed by atoms with Crippen molar-refractivity contribution in [1.82, 2.24) is 14.9 Å². The van der Waals surface area contributed by atoms with Gasteiger partial charge >= 0.3 is 6.18 Å². The van der Waals surface area contributed by atoms with E-state index in [1.807, 2.05) is 40.5 Å². The number of anilines is 1. The van der Waals surface area contributed by atoms with Crippen LogP contribution in [0, 0.1) is 0 Å². The Morgan fingerprint density at radius 3 is 2.46 bits per heavy atom. The molecule has 0 bridgehead atoms. The van der Waals surface area contributed by atoms with Gasteiger partial charge in [0.15, 0.2) is 0 Å². The Balaban J connectivity index is 1.65. The van der Waals surface area contributed by atoms with Crippen molar-refractivity contribution in [3.8, 4) is 5.00 Å². The average molecular weight is 352 g/mol. The number of rotatable bonds is 5. The number of nitrogen functional groups attached to an aromatic ring is 1. The van der Waals surface area contributed by atoms with E-state index in [9.17, 15) is 13.2 Å². The number of halogens is 3. The van der Waals surface area contributed by atoms with Crippen LogP contribution in [0.5, 0.6) is 0 Å². The van der Waals surface area contributed by atoms with Crippen LogP contribution < -0.4 is 11.1 Å². The maximum Gasteiger partial charge on any atom is 0.433 e. The van der Waals surface area contributed by atoms with E-state index in [-0.39, 0.29) is 5.82 Å². The van der Waals surface area contributed by atoms with Crippen LogP contribution in [0.4, 0.5) is 19.0 Å². The summed E-state index contributed by atoms with van der Waals surface area (Å²) in [6, 6.07) is 8.22. The van der Waals surface area contributed by atoms with Gasteiger partial charge in [0.1, 0.15) is 16.5 Å². The molecule has 0 radical (unpaired) electrons. The molecule has 126 valence electrons. The van der Waals surface area contributed by atoms with Crippen LogP contribution in [0.3, 0.4) is 0 Å². The third-order valence-electron chi connectivity index (χ3n) is 3.50. The summed E-state index contributed by atoms with van der Waals surface area (Å²) in [5.74, 6) is -0.103. The van der Waals surface area contributed by atoms with Gasteiger partial charge in [0, 0.05) is 36.6 Å². The van der Waals surface area contributed by atoms with E-state index in [1.165, 1.54) is 6.07 Å². The quantitative estimate of drug-likeness (QED) is 0.734. The lowest BCUT2D eigenvalue weighted by atomic mass is 10.2. The molecule has 0 aliphatic carbocycles. The summed E-state index contributed by atoms with van der Waals surface area (Å²) in [7, 11) is 0. The molecular formula is C16H15F3N4S. The maximum atomic E-state index is 12.6.